The van der Waals surface area contributed by atoms with Gasteiger partial charge in [-0.1, -0.05) is 68.5 Å². The Labute approximate surface area is 205 Å². The third-order valence-electron chi connectivity index (χ3n) is 7.66. The minimum atomic E-state index is -0.436. The smallest absolute Gasteiger partial charge is 0.188 e. The summed E-state index contributed by atoms with van der Waals surface area (Å²) in [5.41, 5.74) is 6.51. The molecule has 0 bridgehead atoms. The zero-order valence-electron chi connectivity index (χ0n) is 21.3. The van der Waals surface area contributed by atoms with Gasteiger partial charge in [-0.3, -0.25) is 14.6 Å². The maximum Gasteiger partial charge on any atom is 0.188 e. The molecule has 0 radical (unpaired) electrons. The van der Waals surface area contributed by atoms with Gasteiger partial charge in [0.2, 0.25) is 0 Å². The van der Waals surface area contributed by atoms with Crippen LogP contribution in [-0.4, -0.2) is 52.5 Å². The Morgan fingerprint density at radius 3 is 2.09 bits per heavy atom. The van der Waals surface area contributed by atoms with Crippen LogP contribution in [0, 0.1) is 5.41 Å². The molecule has 2 atom stereocenters. The topological polar surface area (TPSA) is 43.8 Å². The molecule has 34 heavy (non-hydrogen) atoms. The lowest BCUT2D eigenvalue weighted by atomic mass is 9.77. The van der Waals surface area contributed by atoms with Gasteiger partial charge in [0.1, 0.15) is 6.61 Å². The Hall–Kier alpha value is -2.27. The number of Topliss-reactive ketones (excluding diaryl/α,β-unsaturated/α-hetero) is 1. The first kappa shape index (κ1) is 24.8. The van der Waals surface area contributed by atoms with Gasteiger partial charge in [0, 0.05) is 43.8 Å². The molecule has 2 aromatic carbocycles. The molecule has 4 rings (SSSR count). The second kappa shape index (κ2) is 10.6. The third kappa shape index (κ3) is 6.04. The Bertz CT molecular complexity index is 995. The van der Waals surface area contributed by atoms with Crippen LogP contribution in [0.3, 0.4) is 0 Å². The van der Waals surface area contributed by atoms with Crippen LogP contribution >= 0.6 is 0 Å². The van der Waals surface area contributed by atoms with E-state index in [1.165, 1.54) is 41.5 Å². The van der Waals surface area contributed by atoms with E-state index >= 15 is 0 Å². The molecule has 0 spiro atoms. The number of allylic oxidation sites excluding steroid dienone is 2. The van der Waals surface area contributed by atoms with Gasteiger partial charge >= 0.3 is 0 Å². The molecule has 1 aliphatic heterocycles. The molecule has 4 heteroatoms. The molecule has 1 N–H and O–H groups in total. The van der Waals surface area contributed by atoms with Crippen LogP contribution in [0.1, 0.15) is 74.0 Å². The summed E-state index contributed by atoms with van der Waals surface area (Å²) >= 11 is 0. The predicted octanol–water partition coefficient (Wildman–Crippen LogP) is 5.55. The molecule has 2 aromatic rings. The van der Waals surface area contributed by atoms with Crippen molar-refractivity contribution >= 4 is 11.4 Å². The van der Waals surface area contributed by atoms with E-state index in [1.807, 2.05) is 24.3 Å². The molecule has 0 saturated carbocycles. The number of carbonyl (C=O) groups excluding carboxylic acids is 1. The van der Waals surface area contributed by atoms with Crippen molar-refractivity contribution in [3.05, 3.63) is 76.9 Å². The minimum absolute atomic E-state index is 0.227. The summed E-state index contributed by atoms with van der Waals surface area (Å²) in [5.74, 6) is -0.227. The molecule has 4 nitrogen and oxygen atoms in total. The van der Waals surface area contributed by atoms with E-state index in [0.717, 1.165) is 26.2 Å². The molecule has 1 heterocycles. The number of nitrogens with zero attached hydrogens (tertiary/aromatic N) is 2. The van der Waals surface area contributed by atoms with Gasteiger partial charge in [-0.15, -0.1) is 0 Å². The lowest BCUT2D eigenvalue weighted by Gasteiger charge is -2.44. The van der Waals surface area contributed by atoms with Crippen molar-refractivity contribution in [1.82, 2.24) is 9.80 Å². The summed E-state index contributed by atoms with van der Waals surface area (Å²) in [6, 6.07) is 17.8. The van der Waals surface area contributed by atoms with E-state index in [4.69, 9.17) is 5.11 Å². The number of hydrogen-bond donors (Lipinski definition) is 1. The van der Waals surface area contributed by atoms with Crippen LogP contribution in [0.2, 0.25) is 0 Å². The summed E-state index contributed by atoms with van der Waals surface area (Å²) < 4.78 is 0. The predicted molar refractivity (Wildman–Crippen MR) is 140 cm³/mol. The number of carbonyl (C=O) groups is 1. The van der Waals surface area contributed by atoms with Crippen molar-refractivity contribution in [2.45, 2.75) is 72.1 Å². The summed E-state index contributed by atoms with van der Waals surface area (Å²) in [5, 5.41) is 9.04. The van der Waals surface area contributed by atoms with Crippen LogP contribution in [-0.2, 0) is 13.1 Å². The van der Waals surface area contributed by atoms with E-state index in [1.54, 1.807) is 0 Å². The van der Waals surface area contributed by atoms with Crippen LogP contribution in [0.5, 0.6) is 0 Å². The fraction of sp³-hybridized carbons (Fsp3) is 0.500. The van der Waals surface area contributed by atoms with Crippen LogP contribution in [0.4, 0.5) is 0 Å². The lowest BCUT2D eigenvalue weighted by Crippen LogP contribution is -2.55. The molecule has 0 unspecified atom stereocenters. The van der Waals surface area contributed by atoms with E-state index in [9.17, 15) is 4.79 Å². The standard InChI is InChI=1S/C30H40N2O2/c1-22-17-31(18-23(2)32(22)20-25-7-11-28(12-8-25)29(34)21-33)19-24-5-9-26(10-6-24)27-13-15-30(3,4)16-14-27/h5-13,22-23,33H,14-21H2,1-4H3/t22-,23+. The highest BCUT2D eigenvalue weighted by Crippen LogP contribution is 2.37. The van der Waals surface area contributed by atoms with Gasteiger partial charge in [-0.25, -0.2) is 0 Å². The van der Waals surface area contributed by atoms with Crippen molar-refractivity contribution in [2.24, 2.45) is 5.41 Å². The molecule has 0 amide bonds. The lowest BCUT2D eigenvalue weighted by molar-refractivity contribution is 0.0290. The Balaban J connectivity index is 1.33. The van der Waals surface area contributed by atoms with Gasteiger partial charge in [-0.05, 0) is 60.8 Å². The van der Waals surface area contributed by atoms with Gasteiger partial charge in [0.15, 0.2) is 5.78 Å². The van der Waals surface area contributed by atoms with Crippen molar-refractivity contribution in [1.29, 1.82) is 0 Å². The van der Waals surface area contributed by atoms with Crippen LogP contribution in [0.25, 0.3) is 5.57 Å². The Morgan fingerprint density at radius 1 is 0.941 bits per heavy atom. The van der Waals surface area contributed by atoms with E-state index in [2.05, 4.69) is 67.8 Å². The highest BCUT2D eigenvalue weighted by molar-refractivity contribution is 5.96. The molecular formula is C30H40N2O2. The molecule has 0 aromatic heterocycles. The number of benzene rings is 2. The molecule has 1 saturated heterocycles. The highest BCUT2D eigenvalue weighted by atomic mass is 16.3. The largest absolute Gasteiger partial charge is 0.388 e. The van der Waals surface area contributed by atoms with Gasteiger partial charge in [0.25, 0.3) is 0 Å². The van der Waals surface area contributed by atoms with E-state index in [0.29, 0.717) is 23.1 Å². The number of piperazine rings is 1. The summed E-state index contributed by atoms with van der Waals surface area (Å²) in [7, 11) is 0. The highest BCUT2D eigenvalue weighted by Gasteiger charge is 2.29. The Morgan fingerprint density at radius 2 is 1.53 bits per heavy atom. The molecule has 2 aliphatic rings. The van der Waals surface area contributed by atoms with Crippen molar-refractivity contribution in [3.63, 3.8) is 0 Å². The molecule has 182 valence electrons. The summed E-state index contributed by atoms with van der Waals surface area (Å²) in [6.07, 6.45) is 6.07. The van der Waals surface area contributed by atoms with Crippen molar-refractivity contribution in [2.75, 3.05) is 19.7 Å². The number of aliphatic hydroxyl groups excluding tert-OH is 1. The van der Waals surface area contributed by atoms with E-state index < -0.39 is 6.61 Å². The normalized spacial score (nSPS) is 23.5. The molecule has 1 fully saturated rings. The SMILES string of the molecule is C[C@@H]1CN(Cc2ccc(C3=CCC(C)(C)CC3)cc2)C[C@H](C)N1Cc1ccc(C(=O)CO)cc1. The second-order valence-electron chi connectivity index (χ2n) is 11.1. The van der Waals surface area contributed by atoms with Crippen molar-refractivity contribution in [3.8, 4) is 0 Å². The summed E-state index contributed by atoms with van der Waals surface area (Å²) in [6.45, 7) is 12.9. The van der Waals surface area contributed by atoms with Gasteiger partial charge in [-0.2, -0.15) is 0 Å². The number of aliphatic hydroxyl groups is 1. The quantitative estimate of drug-likeness (QED) is 0.550. The minimum Gasteiger partial charge on any atom is -0.388 e. The monoisotopic (exact) mass is 460 g/mol. The zero-order chi connectivity index (χ0) is 24.3. The fourth-order valence-electron chi connectivity index (χ4n) is 5.43. The fourth-order valence-corrected chi connectivity index (χ4v) is 5.43. The first-order chi connectivity index (χ1) is 16.2. The van der Waals surface area contributed by atoms with E-state index in [-0.39, 0.29) is 5.78 Å². The second-order valence-corrected chi connectivity index (χ2v) is 11.1. The maximum atomic E-state index is 11.7. The van der Waals surface area contributed by atoms with Gasteiger partial charge < -0.3 is 5.11 Å². The van der Waals surface area contributed by atoms with Crippen LogP contribution in [0.15, 0.2) is 54.6 Å². The van der Waals surface area contributed by atoms with Gasteiger partial charge in [0.05, 0.1) is 0 Å². The number of ketones is 1. The first-order valence-corrected chi connectivity index (χ1v) is 12.7. The first-order valence-electron chi connectivity index (χ1n) is 12.7. The Kier molecular flexibility index (Phi) is 7.71. The molecular weight excluding hydrogens is 420 g/mol. The number of hydrogen-bond acceptors (Lipinski definition) is 4. The average Bonchev–Trinajstić information content (AvgIpc) is 2.82. The van der Waals surface area contributed by atoms with Crippen LogP contribution < -0.4 is 0 Å². The number of rotatable bonds is 7. The molecule has 1 aliphatic carbocycles. The van der Waals surface area contributed by atoms with Crippen molar-refractivity contribution < 1.29 is 9.90 Å². The zero-order valence-corrected chi connectivity index (χ0v) is 21.3. The average molecular weight is 461 g/mol. The third-order valence-corrected chi connectivity index (χ3v) is 7.66. The summed E-state index contributed by atoms with van der Waals surface area (Å²) in [4.78, 5) is 16.8. The maximum absolute atomic E-state index is 11.7.